The predicted molar refractivity (Wildman–Crippen MR) is 99.6 cm³/mol. The summed E-state index contributed by atoms with van der Waals surface area (Å²) in [5, 5.41) is 6.52. The molecule has 1 saturated heterocycles. The number of hydrogen-bond acceptors (Lipinski definition) is 3. The van der Waals surface area contributed by atoms with E-state index in [4.69, 9.17) is 0 Å². The van der Waals surface area contributed by atoms with Gasteiger partial charge >= 0.3 is 0 Å². The zero-order chi connectivity index (χ0) is 16.6. The van der Waals surface area contributed by atoms with E-state index in [2.05, 4.69) is 22.8 Å². The Labute approximate surface area is 148 Å². The lowest BCUT2D eigenvalue weighted by Gasteiger charge is -2.22. The van der Waals surface area contributed by atoms with Gasteiger partial charge in [-0.05, 0) is 62.5 Å². The molecule has 0 saturated carbocycles. The molecule has 2 aromatic rings. The standard InChI is InChI=1S/C20H24N2OS/c23-20(22-14-12-16-7-6-13-21-15-16)18-10-4-5-11-19(18)24-17-8-2-1-3-9-17/h1-5,8-11,16,21H,6-7,12-15H2,(H,22,23). The fourth-order valence-corrected chi connectivity index (χ4v) is 3.98. The van der Waals surface area contributed by atoms with Gasteiger partial charge in [-0.3, -0.25) is 4.79 Å². The summed E-state index contributed by atoms with van der Waals surface area (Å²) in [7, 11) is 0. The first-order valence-electron chi connectivity index (χ1n) is 8.64. The van der Waals surface area contributed by atoms with E-state index in [1.165, 1.54) is 12.8 Å². The van der Waals surface area contributed by atoms with Crippen molar-refractivity contribution in [1.29, 1.82) is 0 Å². The van der Waals surface area contributed by atoms with Gasteiger partial charge in [0.15, 0.2) is 0 Å². The minimum Gasteiger partial charge on any atom is -0.352 e. The first kappa shape index (κ1) is 17.1. The van der Waals surface area contributed by atoms with Gasteiger partial charge in [-0.25, -0.2) is 0 Å². The van der Waals surface area contributed by atoms with Crippen molar-refractivity contribution in [3.05, 3.63) is 60.2 Å². The summed E-state index contributed by atoms with van der Waals surface area (Å²) >= 11 is 1.63. The lowest BCUT2D eigenvalue weighted by atomic mass is 9.96. The Kier molecular flexibility index (Phi) is 6.33. The highest BCUT2D eigenvalue weighted by atomic mass is 32.2. The molecular weight excluding hydrogens is 316 g/mol. The van der Waals surface area contributed by atoms with Crippen LogP contribution in [0.4, 0.5) is 0 Å². The Balaban J connectivity index is 1.58. The number of carbonyl (C=O) groups excluding carboxylic acids is 1. The van der Waals surface area contributed by atoms with Crippen molar-refractivity contribution < 1.29 is 4.79 Å². The molecule has 1 aliphatic rings. The molecule has 2 aromatic carbocycles. The summed E-state index contributed by atoms with van der Waals surface area (Å²) in [6.45, 7) is 2.96. The van der Waals surface area contributed by atoms with Crippen LogP contribution in [0.5, 0.6) is 0 Å². The van der Waals surface area contributed by atoms with E-state index in [1.54, 1.807) is 11.8 Å². The van der Waals surface area contributed by atoms with Crippen LogP contribution in [0, 0.1) is 5.92 Å². The maximum absolute atomic E-state index is 12.6. The molecule has 3 nitrogen and oxygen atoms in total. The molecule has 1 fully saturated rings. The second-order valence-corrected chi connectivity index (χ2v) is 7.28. The van der Waals surface area contributed by atoms with Gasteiger partial charge in [-0.15, -0.1) is 0 Å². The van der Waals surface area contributed by atoms with E-state index in [0.717, 1.165) is 41.4 Å². The first-order valence-corrected chi connectivity index (χ1v) is 9.45. The van der Waals surface area contributed by atoms with Gasteiger partial charge in [0.1, 0.15) is 0 Å². The van der Waals surface area contributed by atoms with Crippen LogP contribution in [0.2, 0.25) is 0 Å². The molecule has 0 radical (unpaired) electrons. The average Bonchev–Trinajstić information content (AvgIpc) is 2.64. The van der Waals surface area contributed by atoms with Crippen LogP contribution in [-0.2, 0) is 0 Å². The Morgan fingerprint density at radius 3 is 2.71 bits per heavy atom. The average molecular weight is 340 g/mol. The molecule has 24 heavy (non-hydrogen) atoms. The molecule has 126 valence electrons. The zero-order valence-corrected chi connectivity index (χ0v) is 14.6. The number of benzene rings is 2. The largest absolute Gasteiger partial charge is 0.352 e. The van der Waals surface area contributed by atoms with E-state index >= 15 is 0 Å². The van der Waals surface area contributed by atoms with Crippen LogP contribution in [0.3, 0.4) is 0 Å². The number of hydrogen-bond donors (Lipinski definition) is 2. The van der Waals surface area contributed by atoms with Crippen molar-refractivity contribution in [2.45, 2.75) is 29.1 Å². The molecule has 4 heteroatoms. The maximum Gasteiger partial charge on any atom is 0.252 e. The summed E-state index contributed by atoms with van der Waals surface area (Å²) in [4.78, 5) is 14.7. The van der Waals surface area contributed by atoms with E-state index in [1.807, 2.05) is 42.5 Å². The van der Waals surface area contributed by atoms with E-state index < -0.39 is 0 Å². The van der Waals surface area contributed by atoms with E-state index in [0.29, 0.717) is 5.92 Å². The van der Waals surface area contributed by atoms with Gasteiger partial charge in [0.05, 0.1) is 5.56 Å². The van der Waals surface area contributed by atoms with Gasteiger partial charge in [0, 0.05) is 16.3 Å². The number of rotatable bonds is 6. The molecule has 3 rings (SSSR count). The van der Waals surface area contributed by atoms with Gasteiger partial charge in [-0.1, -0.05) is 42.1 Å². The second-order valence-electron chi connectivity index (χ2n) is 6.17. The van der Waals surface area contributed by atoms with Gasteiger partial charge in [0.25, 0.3) is 5.91 Å². The van der Waals surface area contributed by atoms with E-state index in [9.17, 15) is 4.79 Å². The smallest absolute Gasteiger partial charge is 0.252 e. The number of nitrogens with one attached hydrogen (secondary N) is 2. The van der Waals surface area contributed by atoms with Gasteiger partial charge < -0.3 is 10.6 Å². The summed E-state index contributed by atoms with van der Waals surface area (Å²) in [5.41, 5.74) is 0.758. The highest BCUT2D eigenvalue weighted by molar-refractivity contribution is 7.99. The molecule has 1 unspecified atom stereocenters. The molecule has 1 heterocycles. The van der Waals surface area contributed by atoms with Crippen LogP contribution in [-0.4, -0.2) is 25.5 Å². The highest BCUT2D eigenvalue weighted by Crippen LogP contribution is 2.30. The monoisotopic (exact) mass is 340 g/mol. The van der Waals surface area contributed by atoms with Gasteiger partial charge in [-0.2, -0.15) is 0 Å². The maximum atomic E-state index is 12.6. The molecule has 1 amide bonds. The first-order chi connectivity index (χ1) is 11.8. The lowest BCUT2D eigenvalue weighted by molar-refractivity contribution is 0.0947. The van der Waals surface area contributed by atoms with Crippen LogP contribution in [0.25, 0.3) is 0 Å². The third-order valence-corrected chi connectivity index (χ3v) is 5.42. The minimum absolute atomic E-state index is 0.0257. The molecule has 0 aliphatic carbocycles. The normalized spacial score (nSPS) is 17.4. The van der Waals surface area contributed by atoms with Crippen LogP contribution < -0.4 is 10.6 Å². The van der Waals surface area contributed by atoms with Crippen LogP contribution in [0.15, 0.2) is 64.4 Å². The van der Waals surface area contributed by atoms with Crippen molar-refractivity contribution in [3.63, 3.8) is 0 Å². The number of piperidine rings is 1. The quantitative estimate of drug-likeness (QED) is 0.836. The molecular formula is C20H24N2OS. The minimum atomic E-state index is 0.0257. The van der Waals surface area contributed by atoms with E-state index in [-0.39, 0.29) is 5.91 Å². The topological polar surface area (TPSA) is 41.1 Å². The summed E-state index contributed by atoms with van der Waals surface area (Å²) < 4.78 is 0. The molecule has 0 aromatic heterocycles. The summed E-state index contributed by atoms with van der Waals surface area (Å²) in [6, 6.07) is 18.0. The van der Waals surface area contributed by atoms with Crippen LogP contribution >= 0.6 is 11.8 Å². The third-order valence-electron chi connectivity index (χ3n) is 4.34. The molecule has 1 aliphatic heterocycles. The molecule has 0 bridgehead atoms. The lowest BCUT2D eigenvalue weighted by Crippen LogP contribution is -2.33. The molecule has 2 N–H and O–H groups in total. The fraction of sp³-hybridized carbons (Fsp3) is 0.350. The van der Waals surface area contributed by atoms with Crippen molar-refractivity contribution in [2.24, 2.45) is 5.92 Å². The predicted octanol–water partition coefficient (Wildman–Crippen LogP) is 3.96. The Morgan fingerprint density at radius 1 is 1.12 bits per heavy atom. The van der Waals surface area contributed by atoms with Crippen molar-refractivity contribution >= 4 is 17.7 Å². The SMILES string of the molecule is O=C(NCCC1CCCNC1)c1ccccc1Sc1ccccc1. The summed E-state index contributed by atoms with van der Waals surface area (Å²) in [5.74, 6) is 0.714. The fourth-order valence-electron chi connectivity index (χ4n) is 3.01. The van der Waals surface area contributed by atoms with Crippen molar-refractivity contribution in [2.75, 3.05) is 19.6 Å². The highest BCUT2D eigenvalue weighted by Gasteiger charge is 2.15. The Hall–Kier alpha value is -1.78. The number of carbonyl (C=O) groups is 1. The van der Waals surface area contributed by atoms with Crippen molar-refractivity contribution in [3.8, 4) is 0 Å². The van der Waals surface area contributed by atoms with Crippen LogP contribution in [0.1, 0.15) is 29.6 Å². The summed E-state index contributed by atoms with van der Waals surface area (Å²) in [6.07, 6.45) is 3.56. The third kappa shape index (κ3) is 4.86. The Morgan fingerprint density at radius 2 is 1.92 bits per heavy atom. The molecule has 0 spiro atoms. The van der Waals surface area contributed by atoms with Gasteiger partial charge in [0.2, 0.25) is 0 Å². The zero-order valence-electron chi connectivity index (χ0n) is 13.8. The second kappa shape index (κ2) is 8.90. The molecule has 1 atom stereocenters. The number of amides is 1. The Bertz CT molecular complexity index is 654. The van der Waals surface area contributed by atoms with Crippen molar-refractivity contribution in [1.82, 2.24) is 10.6 Å².